The van der Waals surface area contributed by atoms with E-state index in [-0.39, 0.29) is 5.02 Å². The molecule has 40 heavy (non-hydrogen) atoms. The molecule has 0 radical (unpaired) electrons. The van der Waals surface area contributed by atoms with Gasteiger partial charge in [0, 0.05) is 48.4 Å². The van der Waals surface area contributed by atoms with E-state index in [1.54, 1.807) is 12.3 Å². The van der Waals surface area contributed by atoms with E-state index in [9.17, 15) is 13.2 Å². The van der Waals surface area contributed by atoms with Gasteiger partial charge < -0.3 is 9.88 Å². The third-order valence-corrected chi connectivity index (χ3v) is 7.89. The van der Waals surface area contributed by atoms with E-state index in [1.807, 2.05) is 15.6 Å². The summed E-state index contributed by atoms with van der Waals surface area (Å²) >= 11 is 6.39. The van der Waals surface area contributed by atoms with Crippen LogP contribution in [0.5, 0.6) is 0 Å². The summed E-state index contributed by atoms with van der Waals surface area (Å²) in [7, 11) is 0. The summed E-state index contributed by atoms with van der Waals surface area (Å²) in [6.07, 6.45) is 0.158. The van der Waals surface area contributed by atoms with E-state index < -0.39 is 17.6 Å². The van der Waals surface area contributed by atoms with E-state index in [1.165, 1.54) is 12.1 Å². The highest BCUT2D eigenvalue weighted by Crippen LogP contribution is 2.42. The zero-order valence-corrected chi connectivity index (χ0v) is 22.7. The second-order valence-corrected chi connectivity index (χ2v) is 10.3. The van der Waals surface area contributed by atoms with Crippen molar-refractivity contribution in [2.75, 3.05) is 11.4 Å². The van der Waals surface area contributed by atoms with Crippen molar-refractivity contribution in [3.8, 4) is 16.9 Å². The number of nitrogens with zero attached hydrogens (tertiary/aromatic N) is 4. The first-order valence-electron chi connectivity index (χ1n) is 13.2. The van der Waals surface area contributed by atoms with E-state index in [0.29, 0.717) is 47.5 Å². The monoisotopic (exact) mass is 567 g/mol. The summed E-state index contributed by atoms with van der Waals surface area (Å²) in [4.78, 5) is 9.14. The van der Waals surface area contributed by atoms with Crippen LogP contribution in [0, 0.1) is 5.82 Å². The van der Waals surface area contributed by atoms with Crippen LogP contribution >= 0.6 is 11.6 Å². The molecule has 0 saturated heterocycles. The van der Waals surface area contributed by atoms with Crippen LogP contribution in [0.2, 0.25) is 5.02 Å². The summed E-state index contributed by atoms with van der Waals surface area (Å²) in [5.74, 6) is -0.0539. The van der Waals surface area contributed by atoms with Crippen molar-refractivity contribution in [3.05, 3.63) is 93.6 Å². The standard InChI is InChI=1S/C30H26ClF4N5/c1-3-17-6-5-7-18(4-2)28(17)40-29(26-20-10-12-36-27(20)22(31)14-23(26)32)21-16-39(13-11-24(21)38-40)25-9-8-19(15-37-25)30(33,34)35/h5-10,12,14-15,36H,3-4,11,13,16H2,1-2H3. The van der Waals surface area contributed by atoms with Crippen LogP contribution in [0.3, 0.4) is 0 Å². The smallest absolute Gasteiger partial charge is 0.360 e. The average Bonchev–Trinajstić information content (AvgIpc) is 3.58. The molecule has 0 amide bonds. The summed E-state index contributed by atoms with van der Waals surface area (Å²) in [6.45, 7) is 4.98. The number of rotatable bonds is 5. The molecule has 0 fully saturated rings. The lowest BCUT2D eigenvalue weighted by Crippen LogP contribution is -2.31. The van der Waals surface area contributed by atoms with Gasteiger partial charge in [0.2, 0.25) is 0 Å². The van der Waals surface area contributed by atoms with Crippen molar-refractivity contribution < 1.29 is 17.6 Å². The van der Waals surface area contributed by atoms with Gasteiger partial charge in [0.05, 0.1) is 33.2 Å². The molecular weight excluding hydrogens is 542 g/mol. The number of nitrogens with one attached hydrogen (secondary N) is 1. The molecular formula is C30H26ClF4N5. The van der Waals surface area contributed by atoms with Crippen LogP contribution in [-0.2, 0) is 32.0 Å². The van der Waals surface area contributed by atoms with Crippen molar-refractivity contribution in [1.29, 1.82) is 0 Å². The Bertz CT molecular complexity index is 1700. The minimum Gasteiger partial charge on any atom is -0.360 e. The lowest BCUT2D eigenvalue weighted by molar-refractivity contribution is -0.137. The van der Waals surface area contributed by atoms with Crippen LogP contribution < -0.4 is 4.90 Å². The topological polar surface area (TPSA) is 49.7 Å². The Morgan fingerprint density at radius 1 is 1.05 bits per heavy atom. The van der Waals surface area contributed by atoms with Crippen LogP contribution in [0.4, 0.5) is 23.4 Å². The second kappa shape index (κ2) is 9.96. The fourth-order valence-corrected chi connectivity index (χ4v) is 5.87. The third kappa shape index (κ3) is 4.33. The molecule has 5 nitrogen and oxygen atoms in total. The summed E-state index contributed by atoms with van der Waals surface area (Å²) in [6, 6.07) is 11.7. The van der Waals surface area contributed by atoms with Gasteiger partial charge in [-0.3, -0.25) is 0 Å². The Morgan fingerprint density at radius 2 is 1.80 bits per heavy atom. The molecule has 4 heterocycles. The number of aryl methyl sites for hydroxylation is 2. The molecule has 1 aliphatic rings. The number of aromatic nitrogens is 4. The normalized spacial score (nSPS) is 13.7. The van der Waals surface area contributed by atoms with Gasteiger partial charge in [0.25, 0.3) is 0 Å². The molecule has 6 rings (SSSR count). The van der Waals surface area contributed by atoms with Crippen LogP contribution in [-0.4, -0.2) is 26.3 Å². The first kappa shape index (κ1) is 26.4. The molecule has 0 bridgehead atoms. The van der Waals surface area contributed by atoms with Crippen molar-refractivity contribution in [2.24, 2.45) is 0 Å². The van der Waals surface area contributed by atoms with E-state index in [0.717, 1.165) is 53.2 Å². The zero-order valence-electron chi connectivity index (χ0n) is 21.9. The Kier molecular flexibility index (Phi) is 6.57. The average molecular weight is 568 g/mol. The first-order chi connectivity index (χ1) is 19.2. The summed E-state index contributed by atoms with van der Waals surface area (Å²) < 4.78 is 57.2. The van der Waals surface area contributed by atoms with Crippen LogP contribution in [0.25, 0.3) is 27.8 Å². The van der Waals surface area contributed by atoms with Gasteiger partial charge in [-0.15, -0.1) is 0 Å². The highest BCUT2D eigenvalue weighted by Gasteiger charge is 2.33. The lowest BCUT2D eigenvalue weighted by atomic mass is 9.97. The number of benzene rings is 2. The summed E-state index contributed by atoms with van der Waals surface area (Å²) in [5.41, 5.74) is 5.54. The van der Waals surface area contributed by atoms with Crippen LogP contribution in [0.15, 0.2) is 54.9 Å². The first-order valence-corrected chi connectivity index (χ1v) is 13.5. The predicted octanol–water partition coefficient (Wildman–Crippen LogP) is 7.91. The molecule has 0 spiro atoms. The van der Waals surface area contributed by atoms with Crippen molar-refractivity contribution in [3.63, 3.8) is 0 Å². The van der Waals surface area contributed by atoms with Crippen molar-refractivity contribution in [1.82, 2.24) is 19.7 Å². The maximum Gasteiger partial charge on any atom is 0.417 e. The lowest BCUT2D eigenvalue weighted by Gasteiger charge is -2.28. The summed E-state index contributed by atoms with van der Waals surface area (Å²) in [5, 5.41) is 5.96. The Balaban J connectivity index is 1.58. The number of hydrogen-bond donors (Lipinski definition) is 1. The number of pyridine rings is 1. The molecule has 2 aromatic carbocycles. The zero-order chi connectivity index (χ0) is 28.2. The number of halogens is 5. The number of H-pyrrole nitrogens is 1. The van der Waals surface area contributed by atoms with Gasteiger partial charge in [-0.2, -0.15) is 18.3 Å². The highest BCUT2D eigenvalue weighted by atomic mass is 35.5. The number of fused-ring (bicyclic) bond motifs is 2. The Hall–Kier alpha value is -3.85. The molecule has 0 saturated carbocycles. The SMILES string of the molecule is CCc1cccc(CC)c1-n1nc2c(c1-c1c(F)cc(Cl)c3[nH]ccc13)CN(c1ccc(C(F)(F)F)cn1)CC2. The maximum absolute atomic E-state index is 16.0. The van der Waals surface area contributed by atoms with Gasteiger partial charge in [0.1, 0.15) is 11.6 Å². The van der Waals surface area contributed by atoms with E-state index >= 15 is 4.39 Å². The number of hydrogen-bond acceptors (Lipinski definition) is 3. The minimum absolute atomic E-state index is 0.278. The van der Waals surface area contributed by atoms with Gasteiger partial charge in [-0.05, 0) is 48.2 Å². The molecule has 1 aliphatic heterocycles. The Labute approximate surface area is 233 Å². The number of para-hydroxylation sites is 1. The van der Waals surface area contributed by atoms with E-state index in [4.69, 9.17) is 16.7 Å². The third-order valence-electron chi connectivity index (χ3n) is 7.59. The quantitative estimate of drug-likeness (QED) is 0.220. The number of aromatic amines is 1. The molecule has 206 valence electrons. The van der Waals surface area contributed by atoms with Gasteiger partial charge in [0.15, 0.2) is 0 Å². The fourth-order valence-electron chi connectivity index (χ4n) is 5.62. The number of anilines is 1. The molecule has 10 heteroatoms. The molecule has 3 aromatic heterocycles. The van der Waals surface area contributed by atoms with Crippen molar-refractivity contribution in [2.45, 2.75) is 45.8 Å². The van der Waals surface area contributed by atoms with Gasteiger partial charge >= 0.3 is 6.18 Å². The van der Waals surface area contributed by atoms with Crippen molar-refractivity contribution >= 4 is 28.3 Å². The largest absolute Gasteiger partial charge is 0.417 e. The molecule has 5 aromatic rings. The Morgan fingerprint density at radius 3 is 2.45 bits per heavy atom. The highest BCUT2D eigenvalue weighted by molar-refractivity contribution is 6.35. The molecule has 0 unspecified atom stereocenters. The van der Waals surface area contributed by atoms with Gasteiger partial charge in [-0.25, -0.2) is 14.1 Å². The number of alkyl halides is 3. The van der Waals surface area contributed by atoms with E-state index in [2.05, 4.69) is 35.9 Å². The van der Waals surface area contributed by atoms with Gasteiger partial charge in [-0.1, -0.05) is 43.6 Å². The second-order valence-electron chi connectivity index (χ2n) is 9.87. The minimum atomic E-state index is -4.47. The predicted molar refractivity (Wildman–Crippen MR) is 149 cm³/mol. The van der Waals surface area contributed by atoms with Crippen LogP contribution in [0.1, 0.15) is 41.8 Å². The molecule has 0 aliphatic carbocycles. The molecule has 0 atom stereocenters. The molecule has 1 N–H and O–H groups in total. The maximum atomic E-state index is 16.0. The fraction of sp³-hybridized carbons (Fsp3) is 0.267.